The zero-order valence-corrected chi connectivity index (χ0v) is 16.3. The molecule has 0 amide bonds. The third kappa shape index (κ3) is 3.17. The Hall–Kier alpha value is -2.10. The molecular weight excluding hydrogens is 328 g/mol. The topological polar surface area (TPSA) is 52.6 Å². The molecule has 3 atom stereocenters. The van der Waals surface area contributed by atoms with Crippen molar-refractivity contribution in [2.24, 2.45) is 11.3 Å². The second-order valence-corrected chi connectivity index (χ2v) is 8.26. The van der Waals surface area contributed by atoms with Crippen LogP contribution in [0.2, 0.25) is 0 Å². The lowest BCUT2D eigenvalue weighted by Crippen LogP contribution is -2.37. The van der Waals surface area contributed by atoms with E-state index in [-0.39, 0.29) is 28.5 Å². The lowest BCUT2D eigenvalue weighted by Gasteiger charge is -2.42. The van der Waals surface area contributed by atoms with E-state index in [1.54, 1.807) is 6.08 Å². The third-order valence-electron chi connectivity index (χ3n) is 6.46. The maximum absolute atomic E-state index is 12.4. The SMILES string of the molecule is COC1=CC(=O)C2=C(C=C[C@](C)(CC[C@]3(C)CCC=C(C)[C@@H]3C)O2)C1=O. The van der Waals surface area contributed by atoms with Gasteiger partial charge in [-0.15, -0.1) is 0 Å². The van der Waals surface area contributed by atoms with E-state index in [2.05, 4.69) is 26.8 Å². The molecule has 4 heteroatoms. The van der Waals surface area contributed by atoms with Gasteiger partial charge in [0, 0.05) is 6.08 Å². The fourth-order valence-corrected chi connectivity index (χ4v) is 4.14. The summed E-state index contributed by atoms with van der Waals surface area (Å²) in [6.07, 6.45) is 11.3. The number of Topliss-reactive ketones (excluding diaryl/α,β-unsaturated/α-hetero) is 1. The number of methoxy groups -OCH3 is 1. The van der Waals surface area contributed by atoms with E-state index in [0.717, 1.165) is 25.7 Å². The van der Waals surface area contributed by atoms with Crippen LogP contribution in [0.4, 0.5) is 0 Å². The van der Waals surface area contributed by atoms with E-state index in [0.29, 0.717) is 11.5 Å². The predicted molar refractivity (Wildman–Crippen MR) is 100 cm³/mol. The minimum atomic E-state index is -0.578. The number of ketones is 2. The van der Waals surface area contributed by atoms with Crippen molar-refractivity contribution in [3.63, 3.8) is 0 Å². The second kappa shape index (κ2) is 6.57. The molecule has 3 aliphatic rings. The zero-order valence-electron chi connectivity index (χ0n) is 16.3. The van der Waals surface area contributed by atoms with Gasteiger partial charge in [-0.2, -0.15) is 0 Å². The molecule has 4 nitrogen and oxygen atoms in total. The first-order chi connectivity index (χ1) is 12.2. The van der Waals surface area contributed by atoms with Crippen molar-refractivity contribution >= 4 is 11.6 Å². The van der Waals surface area contributed by atoms with Gasteiger partial charge in [0.1, 0.15) is 5.60 Å². The number of carbonyl (C=O) groups is 2. The van der Waals surface area contributed by atoms with E-state index in [1.165, 1.54) is 18.8 Å². The molecule has 0 aromatic carbocycles. The average Bonchev–Trinajstić information content (AvgIpc) is 2.61. The zero-order chi connectivity index (χ0) is 19.1. The van der Waals surface area contributed by atoms with Crippen molar-refractivity contribution in [1.29, 1.82) is 0 Å². The summed E-state index contributed by atoms with van der Waals surface area (Å²) in [5.74, 6) is 0.152. The predicted octanol–water partition coefficient (Wildman–Crippen LogP) is 4.43. The summed E-state index contributed by atoms with van der Waals surface area (Å²) >= 11 is 0. The fraction of sp³-hybridized carbons (Fsp3) is 0.545. The monoisotopic (exact) mass is 356 g/mol. The lowest BCUT2D eigenvalue weighted by molar-refractivity contribution is -0.122. The standard InChI is InChI=1S/C22H28O4/c1-14-7-6-9-21(3,15(14)2)11-12-22(4)10-8-16-19(24)18(25-5)13-17(23)20(16)26-22/h7-8,10,13,15H,6,9,11-12H2,1-5H3/t15-,21-,22+/m0/s1. The summed E-state index contributed by atoms with van der Waals surface area (Å²) in [5.41, 5.74) is 1.40. The largest absolute Gasteiger partial charge is 0.492 e. The van der Waals surface area contributed by atoms with Gasteiger partial charge < -0.3 is 9.47 Å². The van der Waals surface area contributed by atoms with E-state index >= 15 is 0 Å². The first kappa shape index (κ1) is 18.7. The van der Waals surface area contributed by atoms with Crippen LogP contribution in [0.25, 0.3) is 0 Å². The average molecular weight is 356 g/mol. The van der Waals surface area contributed by atoms with Crippen molar-refractivity contribution in [2.75, 3.05) is 7.11 Å². The second-order valence-electron chi connectivity index (χ2n) is 8.26. The quantitative estimate of drug-likeness (QED) is 0.552. The summed E-state index contributed by atoms with van der Waals surface area (Å²) in [7, 11) is 1.39. The summed E-state index contributed by atoms with van der Waals surface area (Å²) < 4.78 is 11.1. The van der Waals surface area contributed by atoms with E-state index in [9.17, 15) is 9.59 Å². The molecule has 1 aliphatic heterocycles. The summed E-state index contributed by atoms with van der Waals surface area (Å²) in [6.45, 7) is 8.84. The Morgan fingerprint density at radius 3 is 2.69 bits per heavy atom. The van der Waals surface area contributed by atoms with E-state index in [1.807, 2.05) is 13.0 Å². The van der Waals surface area contributed by atoms with Crippen LogP contribution >= 0.6 is 0 Å². The van der Waals surface area contributed by atoms with Gasteiger partial charge in [-0.1, -0.05) is 25.5 Å². The van der Waals surface area contributed by atoms with Crippen molar-refractivity contribution in [3.8, 4) is 0 Å². The highest BCUT2D eigenvalue weighted by molar-refractivity contribution is 6.22. The van der Waals surface area contributed by atoms with Crippen LogP contribution in [0, 0.1) is 11.3 Å². The Morgan fingerprint density at radius 1 is 1.27 bits per heavy atom. The first-order valence-corrected chi connectivity index (χ1v) is 9.33. The number of carbonyl (C=O) groups excluding carboxylic acids is 2. The molecule has 0 saturated heterocycles. The molecule has 140 valence electrons. The Kier molecular flexibility index (Phi) is 4.72. The molecule has 0 bridgehead atoms. The Balaban J connectivity index is 1.74. The van der Waals surface area contributed by atoms with Gasteiger partial charge >= 0.3 is 0 Å². The Labute approximate surface area is 155 Å². The molecule has 0 saturated carbocycles. The highest BCUT2D eigenvalue weighted by Gasteiger charge is 2.40. The van der Waals surface area contributed by atoms with Gasteiger partial charge in [0.15, 0.2) is 11.5 Å². The summed E-state index contributed by atoms with van der Waals surface area (Å²) in [4.78, 5) is 24.7. The van der Waals surface area contributed by atoms with Gasteiger partial charge in [0.2, 0.25) is 11.6 Å². The van der Waals surface area contributed by atoms with Crippen LogP contribution in [-0.2, 0) is 19.1 Å². The molecule has 0 unspecified atom stereocenters. The Bertz CT molecular complexity index is 767. The molecule has 0 fully saturated rings. The van der Waals surface area contributed by atoms with Crippen LogP contribution in [0.3, 0.4) is 0 Å². The number of rotatable bonds is 4. The van der Waals surface area contributed by atoms with Crippen molar-refractivity contribution in [1.82, 2.24) is 0 Å². The van der Waals surface area contributed by atoms with E-state index < -0.39 is 5.60 Å². The van der Waals surface area contributed by atoms with Crippen LogP contribution < -0.4 is 0 Å². The van der Waals surface area contributed by atoms with Crippen LogP contribution in [0.5, 0.6) is 0 Å². The van der Waals surface area contributed by atoms with Gasteiger partial charge in [0.05, 0.1) is 12.7 Å². The molecule has 0 aromatic heterocycles. The van der Waals surface area contributed by atoms with Crippen LogP contribution in [-0.4, -0.2) is 24.3 Å². The van der Waals surface area contributed by atoms with E-state index in [4.69, 9.17) is 9.47 Å². The van der Waals surface area contributed by atoms with Gasteiger partial charge in [-0.05, 0) is 63.0 Å². The summed E-state index contributed by atoms with van der Waals surface area (Å²) in [6, 6.07) is 0. The highest BCUT2D eigenvalue weighted by atomic mass is 16.5. The normalized spacial score (nSPS) is 34.1. The van der Waals surface area contributed by atoms with Gasteiger partial charge in [-0.3, -0.25) is 9.59 Å². The Morgan fingerprint density at radius 2 is 2.00 bits per heavy atom. The van der Waals surface area contributed by atoms with Crippen molar-refractivity contribution in [2.45, 2.75) is 59.0 Å². The first-order valence-electron chi connectivity index (χ1n) is 9.33. The smallest absolute Gasteiger partial charge is 0.231 e. The highest BCUT2D eigenvalue weighted by Crippen LogP contribution is 2.46. The molecular formula is C22H28O4. The molecule has 26 heavy (non-hydrogen) atoms. The molecule has 2 aliphatic carbocycles. The number of hydrogen-bond donors (Lipinski definition) is 0. The number of hydrogen-bond acceptors (Lipinski definition) is 4. The van der Waals surface area contributed by atoms with Gasteiger partial charge in [0.25, 0.3) is 0 Å². The lowest BCUT2D eigenvalue weighted by atomic mass is 9.65. The minimum Gasteiger partial charge on any atom is -0.492 e. The number of ether oxygens (including phenoxy) is 2. The maximum Gasteiger partial charge on any atom is 0.231 e. The maximum atomic E-state index is 12.4. The number of allylic oxidation sites excluding steroid dienone is 5. The molecule has 3 rings (SSSR count). The fourth-order valence-electron chi connectivity index (χ4n) is 4.14. The molecule has 0 spiro atoms. The molecule has 0 N–H and O–H groups in total. The molecule has 0 radical (unpaired) electrons. The molecule has 1 heterocycles. The van der Waals surface area contributed by atoms with Crippen molar-refractivity contribution in [3.05, 3.63) is 47.0 Å². The van der Waals surface area contributed by atoms with Gasteiger partial charge in [-0.25, -0.2) is 0 Å². The minimum absolute atomic E-state index is 0.0661. The molecule has 0 aromatic rings. The summed E-state index contributed by atoms with van der Waals surface area (Å²) in [5, 5.41) is 0. The third-order valence-corrected chi connectivity index (χ3v) is 6.46. The van der Waals surface area contributed by atoms with Crippen LogP contribution in [0.1, 0.15) is 53.4 Å². The van der Waals surface area contributed by atoms with Crippen LogP contribution in [0.15, 0.2) is 47.0 Å². The van der Waals surface area contributed by atoms with Crippen molar-refractivity contribution < 1.29 is 19.1 Å².